The van der Waals surface area contributed by atoms with Crippen LogP contribution in [0.25, 0.3) is 0 Å². The minimum absolute atomic E-state index is 0. The fourth-order valence-electron chi connectivity index (χ4n) is 1.59. The zero-order chi connectivity index (χ0) is 11.5. The van der Waals surface area contributed by atoms with Gasteiger partial charge in [-0.2, -0.15) is 0 Å². The molecule has 1 fully saturated rings. The minimum Gasteiger partial charge on any atom is -0.542 e. The van der Waals surface area contributed by atoms with E-state index in [1.54, 1.807) is 24.9 Å². The van der Waals surface area contributed by atoms with Gasteiger partial charge in [0.25, 0.3) is 0 Å². The van der Waals surface area contributed by atoms with Gasteiger partial charge in [0.05, 0.1) is 12.5 Å². The maximum absolute atomic E-state index is 6.00. The average Bonchev–Trinajstić information content (AvgIpc) is 2.63. The summed E-state index contributed by atoms with van der Waals surface area (Å²) in [6.45, 7) is 4.05. The van der Waals surface area contributed by atoms with Crippen molar-refractivity contribution in [2.24, 2.45) is 5.92 Å². The molecular weight excluding hydrogens is 377 g/mol. The molecule has 17 heavy (non-hydrogen) atoms. The van der Waals surface area contributed by atoms with E-state index in [4.69, 9.17) is 21.1 Å². The fraction of sp³-hybridized carbons (Fsp3) is 0.417. The summed E-state index contributed by atoms with van der Waals surface area (Å²) in [6, 6.07) is 5.71. The minimum atomic E-state index is 0. The number of halogens is 1. The molecule has 1 aliphatic heterocycles. The van der Waals surface area contributed by atoms with Crippen LogP contribution in [0, 0.1) is 12.5 Å². The Morgan fingerprint density at radius 2 is 2.24 bits per heavy atom. The summed E-state index contributed by atoms with van der Waals surface area (Å²) in [6.07, 6.45) is 1.04. The van der Waals surface area contributed by atoms with E-state index < -0.39 is 0 Å². The van der Waals surface area contributed by atoms with E-state index in [9.17, 15) is 0 Å². The van der Waals surface area contributed by atoms with Gasteiger partial charge in [-0.3, -0.25) is 0 Å². The molecule has 5 heteroatoms. The molecule has 2 atom stereocenters. The van der Waals surface area contributed by atoms with Crippen LogP contribution in [0.4, 0.5) is 0 Å². The molecule has 0 aliphatic carbocycles. The third-order valence-corrected chi connectivity index (χ3v) is 3.67. The number of benzene rings is 1. The van der Waals surface area contributed by atoms with Crippen molar-refractivity contribution in [3.8, 4) is 5.75 Å². The van der Waals surface area contributed by atoms with Crippen molar-refractivity contribution in [2.45, 2.75) is 23.7 Å². The summed E-state index contributed by atoms with van der Waals surface area (Å²) in [4.78, 5) is 1.08. The topological polar surface area (TPSA) is 18.5 Å². The van der Waals surface area contributed by atoms with E-state index in [0.29, 0.717) is 10.9 Å². The first-order valence-electron chi connectivity index (χ1n) is 5.17. The molecule has 1 heterocycles. The van der Waals surface area contributed by atoms with E-state index >= 15 is 0 Å². The van der Waals surface area contributed by atoms with E-state index in [-0.39, 0.29) is 74.3 Å². The monoisotopic (exact) mass is 390 g/mol. The molecule has 1 saturated heterocycles. The Morgan fingerprint density at radius 3 is 2.82 bits per heavy atom. The second-order valence-electron chi connectivity index (χ2n) is 3.86. The van der Waals surface area contributed by atoms with Crippen molar-refractivity contribution in [1.82, 2.24) is 0 Å². The molecule has 2 rings (SSSR count). The Labute approximate surface area is 171 Å². The summed E-state index contributed by atoms with van der Waals surface area (Å²) in [5.74, 6) is 1.31. The first-order chi connectivity index (χ1) is 7.67. The molecule has 2 nitrogen and oxygen atoms in total. The maximum Gasteiger partial charge on any atom is 1.00 e. The molecule has 0 N–H and O–H groups in total. The Bertz CT molecular complexity index is 376. The molecule has 0 amide bonds. The number of rotatable bonds is 3. The van der Waals surface area contributed by atoms with E-state index in [0.717, 1.165) is 17.1 Å². The van der Waals surface area contributed by atoms with Gasteiger partial charge in [0.2, 0.25) is 0 Å². The smallest absolute Gasteiger partial charge is 0.542 e. The van der Waals surface area contributed by atoms with Gasteiger partial charge in [-0.05, 0) is 24.6 Å². The predicted molar refractivity (Wildman–Crippen MR) is 66.8 cm³/mol. The van der Waals surface area contributed by atoms with Crippen LogP contribution >= 0.6 is 23.4 Å². The summed E-state index contributed by atoms with van der Waals surface area (Å²) >= 11 is 7.68. The van der Waals surface area contributed by atoms with E-state index in [1.807, 2.05) is 18.7 Å². The van der Waals surface area contributed by atoms with Crippen molar-refractivity contribution >= 4 is 23.4 Å². The van der Waals surface area contributed by atoms with Crippen LogP contribution in [0.2, 0.25) is 5.02 Å². The summed E-state index contributed by atoms with van der Waals surface area (Å²) in [5, 5.41) is 0.692. The SMILES string of the molecule is COc1cc(Cl)cc(SC2C[C@@H](C)[CH-]O2)c1.[Cs+]. The van der Waals surface area contributed by atoms with E-state index in [1.165, 1.54) is 0 Å². The maximum atomic E-state index is 6.00. The van der Waals surface area contributed by atoms with Gasteiger partial charge in [-0.15, -0.1) is 5.92 Å². The second-order valence-corrected chi connectivity index (χ2v) is 5.53. The Morgan fingerprint density at radius 1 is 1.47 bits per heavy atom. The molecule has 0 aromatic heterocycles. The molecule has 0 radical (unpaired) electrons. The van der Waals surface area contributed by atoms with Gasteiger partial charge in [0, 0.05) is 9.92 Å². The zero-order valence-corrected chi connectivity index (χ0v) is 18.1. The molecule has 1 unspecified atom stereocenters. The molecule has 0 saturated carbocycles. The van der Waals surface area contributed by atoms with Crippen LogP contribution in [0.3, 0.4) is 0 Å². The molecule has 88 valence electrons. The Kier molecular flexibility index (Phi) is 7.94. The summed E-state index contributed by atoms with van der Waals surface area (Å²) < 4.78 is 10.7. The summed E-state index contributed by atoms with van der Waals surface area (Å²) in [5.41, 5.74) is 0.193. The fourth-order valence-corrected chi connectivity index (χ4v) is 3.08. The standard InChI is InChI=1S/C12H14ClO2S.Cs/c1-8-3-12(15-7-8)16-11-5-9(13)4-10(6-11)14-2;/h4-8,12H,3H2,1-2H3;/q-1;+1/t8-,12?;/m1./s1. The van der Waals surface area contributed by atoms with Crippen molar-refractivity contribution < 1.29 is 78.4 Å². The zero-order valence-electron chi connectivity index (χ0n) is 10.3. The first kappa shape index (κ1) is 16.7. The van der Waals surface area contributed by atoms with Gasteiger partial charge < -0.3 is 9.47 Å². The molecular formula is C12H14ClCsO2S. The molecule has 0 bridgehead atoms. The van der Waals surface area contributed by atoms with Gasteiger partial charge in [0.15, 0.2) is 0 Å². The molecule has 0 spiro atoms. The van der Waals surface area contributed by atoms with Crippen LogP contribution < -0.4 is 73.6 Å². The molecule has 1 aliphatic rings. The number of ether oxygens (including phenoxy) is 2. The van der Waals surface area contributed by atoms with Crippen LogP contribution in [0.1, 0.15) is 13.3 Å². The Hall–Kier alpha value is 1.67. The number of hydrogen-bond acceptors (Lipinski definition) is 3. The molecule has 1 aromatic carbocycles. The molecule has 1 aromatic rings. The van der Waals surface area contributed by atoms with Crippen LogP contribution in [0.5, 0.6) is 5.75 Å². The third-order valence-electron chi connectivity index (χ3n) is 2.37. The first-order valence-corrected chi connectivity index (χ1v) is 6.43. The van der Waals surface area contributed by atoms with Gasteiger partial charge >= 0.3 is 68.9 Å². The second kappa shape index (κ2) is 8.07. The largest absolute Gasteiger partial charge is 1.00 e. The number of thioether (sulfide) groups is 1. The van der Waals surface area contributed by atoms with Crippen LogP contribution in [-0.4, -0.2) is 12.5 Å². The van der Waals surface area contributed by atoms with E-state index in [2.05, 4.69) is 6.92 Å². The third kappa shape index (κ3) is 5.28. The van der Waals surface area contributed by atoms with Gasteiger partial charge in [0.1, 0.15) is 5.75 Å². The van der Waals surface area contributed by atoms with Gasteiger partial charge in [-0.25, -0.2) is 6.61 Å². The normalized spacial score (nSPS) is 23.2. The number of hydrogen-bond donors (Lipinski definition) is 0. The van der Waals surface area contributed by atoms with Crippen LogP contribution in [-0.2, 0) is 4.74 Å². The van der Waals surface area contributed by atoms with Crippen LogP contribution in [0.15, 0.2) is 23.1 Å². The van der Waals surface area contributed by atoms with Crippen molar-refractivity contribution in [2.75, 3.05) is 7.11 Å². The average molecular weight is 391 g/mol. The van der Waals surface area contributed by atoms with Crippen molar-refractivity contribution in [3.63, 3.8) is 0 Å². The van der Waals surface area contributed by atoms with Crippen molar-refractivity contribution in [3.05, 3.63) is 29.8 Å². The van der Waals surface area contributed by atoms with Gasteiger partial charge in [-0.1, -0.05) is 30.3 Å². The van der Waals surface area contributed by atoms with Crippen molar-refractivity contribution in [1.29, 1.82) is 0 Å². The quantitative estimate of drug-likeness (QED) is 0.717. The number of methoxy groups -OCH3 is 1. The summed E-state index contributed by atoms with van der Waals surface area (Å²) in [7, 11) is 1.64. The Balaban J connectivity index is 0.00000144. The predicted octanol–water partition coefficient (Wildman–Crippen LogP) is 0.989.